The molecule has 2 aromatic carbocycles. The summed E-state index contributed by atoms with van der Waals surface area (Å²) < 4.78 is 1.63. The van der Waals surface area contributed by atoms with E-state index in [1.54, 1.807) is 4.52 Å². The number of anilines is 1. The molecule has 0 amide bonds. The third kappa shape index (κ3) is 3.27. The number of hydrogen-bond acceptors (Lipinski definition) is 5. The van der Waals surface area contributed by atoms with E-state index >= 15 is 0 Å². The molecular formula is C20H19N5O. The van der Waals surface area contributed by atoms with E-state index in [1.807, 2.05) is 67.6 Å². The minimum absolute atomic E-state index is 0.358. The van der Waals surface area contributed by atoms with E-state index in [2.05, 4.69) is 20.4 Å². The van der Waals surface area contributed by atoms with Gasteiger partial charge in [-0.25, -0.2) is 4.98 Å². The summed E-state index contributed by atoms with van der Waals surface area (Å²) in [6.07, 6.45) is 0.848. The van der Waals surface area contributed by atoms with Crippen LogP contribution in [-0.2, 0) is 0 Å². The molecule has 0 saturated carbocycles. The maximum atomic E-state index is 10.5. The molecule has 130 valence electrons. The van der Waals surface area contributed by atoms with Crippen LogP contribution in [-0.4, -0.2) is 31.2 Å². The van der Waals surface area contributed by atoms with Crippen molar-refractivity contribution in [2.75, 3.05) is 11.9 Å². The molecule has 1 atom stereocenters. The lowest BCUT2D eigenvalue weighted by atomic mass is 10.1. The van der Waals surface area contributed by atoms with Crippen LogP contribution in [0.1, 0.15) is 17.2 Å². The number of nitrogens with zero attached hydrogens (tertiary/aromatic N) is 4. The second kappa shape index (κ2) is 6.93. The van der Waals surface area contributed by atoms with Crippen molar-refractivity contribution in [3.05, 3.63) is 78.1 Å². The first-order chi connectivity index (χ1) is 12.7. The molecule has 0 aliphatic rings. The molecule has 4 rings (SSSR count). The van der Waals surface area contributed by atoms with E-state index in [0.717, 1.165) is 28.2 Å². The minimum atomic E-state index is -0.623. The summed E-state index contributed by atoms with van der Waals surface area (Å²) in [6, 6.07) is 19.7. The molecule has 0 fully saturated rings. The van der Waals surface area contributed by atoms with Crippen molar-refractivity contribution in [2.45, 2.75) is 13.0 Å². The van der Waals surface area contributed by atoms with E-state index in [0.29, 0.717) is 12.3 Å². The van der Waals surface area contributed by atoms with Crippen molar-refractivity contribution in [3.63, 3.8) is 0 Å². The number of benzene rings is 2. The Morgan fingerprint density at radius 2 is 1.92 bits per heavy atom. The fourth-order valence-corrected chi connectivity index (χ4v) is 2.89. The predicted octanol–water partition coefficient (Wildman–Crippen LogP) is 3.25. The summed E-state index contributed by atoms with van der Waals surface area (Å²) in [6.45, 7) is 2.37. The van der Waals surface area contributed by atoms with Crippen LogP contribution in [0, 0.1) is 6.92 Å². The molecule has 2 heterocycles. The largest absolute Gasteiger partial charge is 0.387 e. The zero-order chi connectivity index (χ0) is 17.9. The van der Waals surface area contributed by atoms with Crippen LogP contribution in [0.25, 0.3) is 17.0 Å². The van der Waals surface area contributed by atoms with Gasteiger partial charge in [-0.1, -0.05) is 60.2 Å². The molecule has 0 bridgehead atoms. The molecule has 6 nitrogen and oxygen atoms in total. The van der Waals surface area contributed by atoms with Crippen LogP contribution in [0.5, 0.6) is 0 Å². The second-order valence-electron chi connectivity index (χ2n) is 6.18. The predicted molar refractivity (Wildman–Crippen MR) is 101 cm³/mol. The summed E-state index contributed by atoms with van der Waals surface area (Å²) in [5.41, 5.74) is 3.80. The maximum absolute atomic E-state index is 10.5. The normalized spacial score (nSPS) is 12.2. The van der Waals surface area contributed by atoms with Crippen molar-refractivity contribution in [2.24, 2.45) is 0 Å². The van der Waals surface area contributed by atoms with Gasteiger partial charge in [-0.2, -0.15) is 14.6 Å². The molecule has 1 unspecified atom stereocenters. The molecule has 0 aliphatic heterocycles. The molecule has 0 saturated heterocycles. The van der Waals surface area contributed by atoms with Crippen LogP contribution in [0.4, 0.5) is 5.82 Å². The average molecular weight is 345 g/mol. The third-order valence-corrected chi connectivity index (χ3v) is 4.22. The number of nitrogens with one attached hydrogen (secondary N) is 1. The number of rotatable bonds is 5. The lowest BCUT2D eigenvalue weighted by Crippen LogP contribution is -2.15. The molecule has 0 spiro atoms. The quantitative estimate of drug-likeness (QED) is 0.581. The summed E-state index contributed by atoms with van der Waals surface area (Å²) in [4.78, 5) is 8.75. The van der Waals surface area contributed by atoms with Gasteiger partial charge in [-0.3, -0.25) is 0 Å². The van der Waals surface area contributed by atoms with Gasteiger partial charge in [0.05, 0.1) is 11.8 Å². The zero-order valence-electron chi connectivity index (χ0n) is 14.4. The summed E-state index contributed by atoms with van der Waals surface area (Å²) in [7, 11) is 0. The van der Waals surface area contributed by atoms with E-state index in [4.69, 9.17) is 0 Å². The maximum Gasteiger partial charge on any atom is 0.254 e. The Morgan fingerprint density at radius 1 is 1.08 bits per heavy atom. The summed E-state index contributed by atoms with van der Waals surface area (Å²) >= 11 is 0. The number of aliphatic hydroxyl groups is 1. The standard InChI is InChI=1S/C20H19N5O/c1-14-6-5-9-16(10-14)18(26)12-21-19-11-17(15-7-3-2-4-8-15)24-20-22-13-23-25(19)20/h2-11,13,18,21,26H,12H2,1H3. The number of aliphatic hydroxyl groups excluding tert-OH is 1. The van der Waals surface area contributed by atoms with Crippen molar-refractivity contribution < 1.29 is 5.11 Å². The molecule has 2 aromatic heterocycles. The van der Waals surface area contributed by atoms with Gasteiger partial charge in [0.1, 0.15) is 12.1 Å². The molecule has 4 aromatic rings. The highest BCUT2D eigenvalue weighted by Crippen LogP contribution is 2.22. The van der Waals surface area contributed by atoms with Crippen molar-refractivity contribution >= 4 is 11.6 Å². The molecule has 0 radical (unpaired) electrons. The van der Waals surface area contributed by atoms with Crippen LogP contribution < -0.4 is 5.32 Å². The van der Waals surface area contributed by atoms with Crippen LogP contribution in [0.2, 0.25) is 0 Å². The molecule has 26 heavy (non-hydrogen) atoms. The third-order valence-electron chi connectivity index (χ3n) is 4.22. The first kappa shape index (κ1) is 16.2. The molecule has 2 N–H and O–H groups in total. The average Bonchev–Trinajstić information content (AvgIpc) is 3.15. The second-order valence-corrected chi connectivity index (χ2v) is 6.18. The Bertz CT molecular complexity index is 1030. The highest BCUT2D eigenvalue weighted by Gasteiger charge is 2.12. The Balaban J connectivity index is 1.62. The smallest absolute Gasteiger partial charge is 0.254 e. The van der Waals surface area contributed by atoms with Gasteiger partial charge in [0, 0.05) is 18.2 Å². The van der Waals surface area contributed by atoms with Crippen molar-refractivity contribution in [1.82, 2.24) is 19.6 Å². The minimum Gasteiger partial charge on any atom is -0.387 e. The summed E-state index contributed by atoms with van der Waals surface area (Å²) in [5, 5.41) is 18.0. The number of fused-ring (bicyclic) bond motifs is 1. The fourth-order valence-electron chi connectivity index (χ4n) is 2.89. The fraction of sp³-hybridized carbons (Fsp3) is 0.150. The monoisotopic (exact) mass is 345 g/mol. The SMILES string of the molecule is Cc1cccc(C(O)CNc2cc(-c3ccccc3)nc3ncnn23)c1. The van der Waals surface area contributed by atoms with Gasteiger partial charge in [0.15, 0.2) is 0 Å². The van der Waals surface area contributed by atoms with Gasteiger partial charge in [-0.05, 0) is 12.5 Å². The van der Waals surface area contributed by atoms with Crippen LogP contribution in [0.15, 0.2) is 67.0 Å². The lowest BCUT2D eigenvalue weighted by Gasteiger charge is -2.15. The first-order valence-corrected chi connectivity index (χ1v) is 8.45. The Hall–Kier alpha value is -3.25. The molecular weight excluding hydrogens is 326 g/mol. The number of aromatic nitrogens is 4. The lowest BCUT2D eigenvalue weighted by molar-refractivity contribution is 0.191. The van der Waals surface area contributed by atoms with E-state index < -0.39 is 6.10 Å². The molecule has 6 heteroatoms. The topological polar surface area (TPSA) is 75.3 Å². The van der Waals surface area contributed by atoms with E-state index in [9.17, 15) is 5.11 Å². The van der Waals surface area contributed by atoms with Crippen LogP contribution >= 0.6 is 0 Å². The first-order valence-electron chi connectivity index (χ1n) is 8.45. The Kier molecular flexibility index (Phi) is 4.33. The van der Waals surface area contributed by atoms with Gasteiger partial charge < -0.3 is 10.4 Å². The van der Waals surface area contributed by atoms with E-state index in [-0.39, 0.29) is 0 Å². The van der Waals surface area contributed by atoms with Crippen LogP contribution in [0.3, 0.4) is 0 Å². The van der Waals surface area contributed by atoms with E-state index in [1.165, 1.54) is 6.33 Å². The number of hydrogen-bond donors (Lipinski definition) is 2. The summed E-state index contributed by atoms with van der Waals surface area (Å²) in [5.74, 6) is 1.25. The molecule has 0 aliphatic carbocycles. The van der Waals surface area contributed by atoms with Gasteiger partial charge in [-0.15, -0.1) is 0 Å². The highest BCUT2D eigenvalue weighted by atomic mass is 16.3. The number of aryl methyl sites for hydroxylation is 1. The Morgan fingerprint density at radius 3 is 2.73 bits per heavy atom. The Labute approximate surface area is 151 Å². The van der Waals surface area contributed by atoms with Crippen molar-refractivity contribution in [1.29, 1.82) is 0 Å². The van der Waals surface area contributed by atoms with Gasteiger partial charge in [0.25, 0.3) is 5.78 Å². The van der Waals surface area contributed by atoms with Gasteiger partial charge >= 0.3 is 0 Å². The zero-order valence-corrected chi connectivity index (χ0v) is 14.4. The van der Waals surface area contributed by atoms with Crippen molar-refractivity contribution in [3.8, 4) is 11.3 Å². The van der Waals surface area contributed by atoms with Gasteiger partial charge in [0.2, 0.25) is 0 Å². The highest BCUT2D eigenvalue weighted by molar-refractivity contribution is 5.65.